The maximum atomic E-state index is 5.76. The fourth-order valence-corrected chi connectivity index (χ4v) is 11.1. The largest absolute Gasteiger partial charge is 0.308 e. The molecule has 324 valence electrons. The van der Waals surface area contributed by atoms with E-state index in [0.29, 0.717) is 0 Å². The lowest BCUT2D eigenvalue weighted by Crippen LogP contribution is -2.28. The zero-order valence-corrected chi connectivity index (χ0v) is 37.8. The number of pyridine rings is 1. The number of hydrogen-bond donors (Lipinski definition) is 0. The fraction of sp³-hybridized carbons (Fsp3) is 0.0152. The second-order valence-electron chi connectivity index (χ2n) is 17.8. The molecular weight excluding hydrogens is 835 g/mol. The van der Waals surface area contributed by atoms with E-state index in [1.165, 1.54) is 33.4 Å². The van der Waals surface area contributed by atoms with Gasteiger partial charge >= 0.3 is 0 Å². The molecule has 12 aromatic rings. The minimum atomic E-state index is -0.590. The predicted octanol–water partition coefficient (Wildman–Crippen LogP) is 17.0. The zero-order valence-electron chi connectivity index (χ0n) is 37.8. The third-order valence-corrected chi connectivity index (χ3v) is 14.1. The highest BCUT2D eigenvalue weighted by Crippen LogP contribution is 2.58. The van der Waals surface area contributed by atoms with Crippen LogP contribution in [-0.2, 0) is 5.41 Å². The van der Waals surface area contributed by atoms with Crippen LogP contribution in [0.2, 0.25) is 0 Å². The van der Waals surface area contributed by atoms with Gasteiger partial charge in [0.15, 0.2) is 0 Å². The summed E-state index contributed by atoms with van der Waals surface area (Å²) in [6.07, 6.45) is 0. The Bertz CT molecular complexity index is 3770. The van der Waals surface area contributed by atoms with Gasteiger partial charge in [0.05, 0.1) is 22.3 Å². The molecule has 0 unspecified atom stereocenters. The molecule has 0 N–H and O–H groups in total. The van der Waals surface area contributed by atoms with E-state index in [0.717, 1.165) is 78.1 Å². The van der Waals surface area contributed by atoms with Gasteiger partial charge in [-0.2, -0.15) is 5.10 Å². The molecule has 0 spiro atoms. The smallest absolute Gasteiger partial charge is 0.101 e. The van der Waals surface area contributed by atoms with Crippen molar-refractivity contribution in [3.05, 3.63) is 295 Å². The van der Waals surface area contributed by atoms with Crippen molar-refractivity contribution < 1.29 is 0 Å². The van der Waals surface area contributed by atoms with E-state index >= 15 is 0 Å². The molecule has 3 heteroatoms. The Morgan fingerprint density at radius 3 is 1.49 bits per heavy atom. The van der Waals surface area contributed by atoms with Crippen molar-refractivity contribution in [2.75, 3.05) is 4.90 Å². The van der Waals surface area contributed by atoms with E-state index < -0.39 is 5.41 Å². The van der Waals surface area contributed by atoms with Crippen molar-refractivity contribution in [2.24, 2.45) is 0 Å². The predicted molar refractivity (Wildman–Crippen MR) is 286 cm³/mol. The van der Waals surface area contributed by atoms with E-state index in [-0.39, 0.29) is 0 Å². The Morgan fingerprint density at radius 2 is 0.841 bits per heavy atom. The first kappa shape index (κ1) is 40.2. The number of nitrogens with zero attached hydrogens (tertiary/aromatic N) is 3. The van der Waals surface area contributed by atoms with Crippen LogP contribution in [-0.4, -0.2) is 9.61 Å². The molecule has 10 aromatic carbocycles. The first-order chi connectivity index (χ1) is 34.3. The molecule has 0 atom stereocenters. The molecule has 0 aliphatic heterocycles. The third-order valence-electron chi connectivity index (χ3n) is 14.1. The lowest BCUT2D eigenvalue weighted by molar-refractivity contribution is 0.768. The average molecular weight is 880 g/mol. The Balaban J connectivity index is 1.19. The molecule has 13 rings (SSSR count). The topological polar surface area (TPSA) is 20.5 Å². The second kappa shape index (κ2) is 16.7. The maximum absolute atomic E-state index is 5.76. The van der Waals surface area contributed by atoms with Crippen molar-refractivity contribution in [1.82, 2.24) is 9.61 Å². The highest BCUT2D eigenvalue weighted by Gasteiger charge is 2.46. The molecule has 1 aliphatic rings. The van der Waals surface area contributed by atoms with E-state index in [4.69, 9.17) is 5.10 Å². The summed E-state index contributed by atoms with van der Waals surface area (Å²) in [6, 6.07) is 99.2. The summed E-state index contributed by atoms with van der Waals surface area (Å²) in [5, 5.41) is 7.99. The van der Waals surface area contributed by atoms with Gasteiger partial charge in [0.2, 0.25) is 0 Å². The molecule has 2 aromatic heterocycles. The molecule has 0 saturated heterocycles. The van der Waals surface area contributed by atoms with Gasteiger partial charge in [-0.15, -0.1) is 0 Å². The van der Waals surface area contributed by atoms with E-state index in [1.807, 2.05) is 0 Å². The summed E-state index contributed by atoms with van der Waals surface area (Å²) in [5.74, 6) is 0. The summed E-state index contributed by atoms with van der Waals surface area (Å²) in [5.41, 5.74) is 19.6. The van der Waals surface area contributed by atoms with Gasteiger partial charge in [0.1, 0.15) is 5.69 Å². The molecule has 0 bridgehead atoms. The Hall–Kier alpha value is -9.05. The summed E-state index contributed by atoms with van der Waals surface area (Å²) in [7, 11) is 0. The molecule has 1 aliphatic carbocycles. The molecule has 0 radical (unpaired) electrons. The van der Waals surface area contributed by atoms with Gasteiger partial charge in [0, 0.05) is 38.8 Å². The van der Waals surface area contributed by atoms with Gasteiger partial charge in [-0.3, -0.25) is 0 Å². The van der Waals surface area contributed by atoms with E-state index in [1.54, 1.807) is 0 Å². The van der Waals surface area contributed by atoms with Gasteiger partial charge in [0.25, 0.3) is 0 Å². The maximum Gasteiger partial charge on any atom is 0.101 e. The van der Waals surface area contributed by atoms with Crippen LogP contribution in [0.5, 0.6) is 0 Å². The molecule has 0 fully saturated rings. The summed E-state index contributed by atoms with van der Waals surface area (Å²) >= 11 is 0. The minimum absolute atomic E-state index is 0.590. The molecule has 0 amide bonds. The van der Waals surface area contributed by atoms with Gasteiger partial charge in [-0.05, 0) is 74.3 Å². The molecular formula is C66H45N3. The third kappa shape index (κ3) is 6.47. The van der Waals surface area contributed by atoms with Crippen LogP contribution >= 0.6 is 0 Å². The van der Waals surface area contributed by atoms with Crippen LogP contribution in [0, 0.1) is 0 Å². The lowest BCUT2D eigenvalue weighted by Gasteiger charge is -2.35. The summed E-state index contributed by atoms with van der Waals surface area (Å²) < 4.78 is 2.24. The fourth-order valence-electron chi connectivity index (χ4n) is 11.1. The number of hydrogen-bond acceptors (Lipinski definition) is 2. The normalized spacial score (nSPS) is 12.5. The Morgan fingerprint density at radius 1 is 0.348 bits per heavy atom. The standard InChI is InChI=1S/C66H45N3/c1-7-24-46(25-8-1)50-32-23-37-53(44-50)68(54-42-43-56-55-38-21-22-41-59(55)66(60(56)45-54,51-33-15-5-16-34-51)52-35-17-6-18-36-52)65-58-40-20-19-39-57(58)64-61(47-26-9-2-10-27-47)62(48-28-11-3-12-29-48)67-69(64)63(65)49-30-13-4-14-31-49/h1-45H. The van der Waals surface area contributed by atoms with Crippen LogP contribution in [0.25, 0.3) is 72.2 Å². The monoisotopic (exact) mass is 879 g/mol. The summed E-state index contributed by atoms with van der Waals surface area (Å²) in [6.45, 7) is 0. The van der Waals surface area contributed by atoms with Crippen molar-refractivity contribution >= 4 is 33.4 Å². The first-order valence-corrected chi connectivity index (χ1v) is 23.7. The number of benzene rings is 10. The van der Waals surface area contributed by atoms with Crippen LogP contribution in [0.1, 0.15) is 22.3 Å². The quantitative estimate of drug-likeness (QED) is 0.144. The van der Waals surface area contributed by atoms with Crippen molar-refractivity contribution in [3.63, 3.8) is 0 Å². The molecule has 2 heterocycles. The highest BCUT2D eigenvalue weighted by atomic mass is 15.3. The van der Waals surface area contributed by atoms with Crippen molar-refractivity contribution in [3.8, 4) is 55.9 Å². The molecule has 0 saturated carbocycles. The number of anilines is 3. The van der Waals surface area contributed by atoms with Crippen LogP contribution in [0.3, 0.4) is 0 Å². The molecule has 3 nitrogen and oxygen atoms in total. The molecule has 69 heavy (non-hydrogen) atoms. The van der Waals surface area contributed by atoms with Crippen molar-refractivity contribution in [2.45, 2.75) is 5.41 Å². The number of fused-ring (bicyclic) bond motifs is 6. The van der Waals surface area contributed by atoms with Crippen LogP contribution < -0.4 is 4.90 Å². The zero-order chi connectivity index (χ0) is 45.7. The van der Waals surface area contributed by atoms with Crippen LogP contribution in [0.4, 0.5) is 17.1 Å². The lowest BCUT2D eigenvalue weighted by atomic mass is 9.67. The number of rotatable bonds is 9. The van der Waals surface area contributed by atoms with Gasteiger partial charge < -0.3 is 4.90 Å². The Labute approximate surface area is 402 Å². The number of aromatic nitrogens is 2. The van der Waals surface area contributed by atoms with Crippen molar-refractivity contribution in [1.29, 1.82) is 0 Å². The average Bonchev–Trinajstić information content (AvgIpc) is 3.98. The second-order valence-corrected chi connectivity index (χ2v) is 17.8. The van der Waals surface area contributed by atoms with E-state index in [9.17, 15) is 0 Å². The van der Waals surface area contributed by atoms with Gasteiger partial charge in [-0.25, -0.2) is 4.52 Å². The first-order valence-electron chi connectivity index (χ1n) is 23.7. The SMILES string of the molecule is c1ccc(-c2cccc(N(c3ccc4c(c3)C(c3ccccc3)(c3ccccc3)c3ccccc3-4)c3c(-c4ccccc4)n4nc(-c5ccccc5)c(-c5ccccc5)c4c4ccccc34)c2)cc1. The van der Waals surface area contributed by atoms with Gasteiger partial charge in [-0.1, -0.05) is 249 Å². The minimum Gasteiger partial charge on any atom is -0.308 e. The Kier molecular flexibility index (Phi) is 9.73. The van der Waals surface area contributed by atoms with Crippen LogP contribution in [0.15, 0.2) is 273 Å². The summed E-state index contributed by atoms with van der Waals surface area (Å²) in [4.78, 5) is 2.51. The highest BCUT2D eigenvalue weighted by molar-refractivity contribution is 6.16. The van der Waals surface area contributed by atoms with E-state index in [2.05, 4.69) is 282 Å².